The van der Waals surface area contributed by atoms with Crippen molar-refractivity contribution in [1.29, 1.82) is 0 Å². The van der Waals surface area contributed by atoms with Crippen molar-refractivity contribution in [3.63, 3.8) is 0 Å². The third-order valence-corrected chi connectivity index (χ3v) is 5.62. The molecule has 0 bridgehead atoms. The molecule has 0 fully saturated rings. The van der Waals surface area contributed by atoms with E-state index >= 15 is 4.39 Å². The van der Waals surface area contributed by atoms with E-state index in [1.807, 2.05) is 0 Å². The molecule has 0 radical (unpaired) electrons. The Labute approximate surface area is 230 Å². The quantitative estimate of drug-likeness (QED) is 0.0610. The van der Waals surface area contributed by atoms with Gasteiger partial charge in [-0.2, -0.15) is 5.10 Å². The summed E-state index contributed by atoms with van der Waals surface area (Å²) in [7, 11) is 1.13. The molecule has 0 heterocycles. The SMILES string of the molecule is C=C/C(F)=C\C(F)=C(/C)C(O)(CN(N)/C=N\N)C(F)(CF)C(/C=C\C(=C)C#CCOc1ccc(Cl)cc1)=NC. The number of allylic oxidation sites excluding steroid dienone is 7. The lowest BCUT2D eigenvalue weighted by Crippen LogP contribution is -2.64. The summed E-state index contributed by atoms with van der Waals surface area (Å²) in [5, 5.41) is 15.7. The van der Waals surface area contributed by atoms with Crippen LogP contribution in [0, 0.1) is 11.8 Å². The maximum Gasteiger partial charge on any atom is 0.214 e. The summed E-state index contributed by atoms with van der Waals surface area (Å²) in [4.78, 5) is 3.75. The fourth-order valence-electron chi connectivity index (χ4n) is 3.21. The Morgan fingerprint density at radius 2 is 1.92 bits per heavy atom. The predicted molar refractivity (Wildman–Crippen MR) is 148 cm³/mol. The van der Waals surface area contributed by atoms with Crippen LogP contribution in [0.2, 0.25) is 5.02 Å². The summed E-state index contributed by atoms with van der Waals surface area (Å²) in [5.74, 6) is 14.1. The molecule has 5 N–H and O–H groups in total. The van der Waals surface area contributed by atoms with Gasteiger partial charge in [0.2, 0.25) is 5.67 Å². The van der Waals surface area contributed by atoms with Crippen LogP contribution in [0.5, 0.6) is 5.75 Å². The van der Waals surface area contributed by atoms with Gasteiger partial charge < -0.3 is 15.7 Å². The van der Waals surface area contributed by atoms with Crippen molar-refractivity contribution in [3.8, 4) is 17.6 Å². The van der Waals surface area contributed by atoms with E-state index in [-0.39, 0.29) is 12.2 Å². The second-order valence-corrected chi connectivity index (χ2v) is 8.39. The number of alkyl halides is 2. The first-order valence-corrected chi connectivity index (χ1v) is 11.6. The standard InChI is InChI=1S/C27H30ClF4N5O2/c1-5-22(30)15-24(31)20(3)27(38,17-37(34)18-36-33)26(32,16-29)25(35-4)13-8-19(2)7-6-14-39-23-11-9-21(28)10-12-23/h5,8-13,15,18,38H,1-2,14,16-17,33-34H2,3-4H3/b13-8-,22-15+,24-20-,35-25?,36-18-. The van der Waals surface area contributed by atoms with Crippen LogP contribution in [0.1, 0.15) is 6.92 Å². The summed E-state index contributed by atoms with van der Waals surface area (Å²) in [6.45, 7) is 4.97. The van der Waals surface area contributed by atoms with Gasteiger partial charge in [-0.15, -0.1) is 0 Å². The van der Waals surface area contributed by atoms with Crippen LogP contribution < -0.4 is 16.4 Å². The average molecular weight is 568 g/mol. The zero-order valence-electron chi connectivity index (χ0n) is 21.5. The topological polar surface area (TPSA) is 109 Å². The third kappa shape index (κ3) is 9.14. The molecule has 1 aromatic carbocycles. The summed E-state index contributed by atoms with van der Waals surface area (Å²) in [6, 6.07) is 6.61. The number of hydrogen-bond donors (Lipinski definition) is 3. The Kier molecular flexibility index (Phi) is 13.2. The minimum absolute atomic E-state index is 0.00637. The Bertz CT molecular complexity index is 1230. The smallest absolute Gasteiger partial charge is 0.214 e. The number of hydrazine groups is 1. The first kappa shape index (κ1) is 33.2. The van der Waals surface area contributed by atoms with Crippen molar-refractivity contribution in [2.75, 3.05) is 26.9 Å². The van der Waals surface area contributed by atoms with Gasteiger partial charge in [0, 0.05) is 23.7 Å². The Morgan fingerprint density at radius 1 is 1.28 bits per heavy atom. The van der Waals surface area contributed by atoms with Gasteiger partial charge in [-0.3, -0.25) is 10.0 Å². The fraction of sp³-hybridized carbons (Fsp3) is 0.259. The third-order valence-electron chi connectivity index (χ3n) is 5.37. The highest BCUT2D eigenvalue weighted by Gasteiger charge is 2.57. The van der Waals surface area contributed by atoms with Gasteiger partial charge in [0.15, 0.2) is 0 Å². The molecule has 1 rings (SSSR count). The molecular formula is C27H30ClF4N5O2. The second-order valence-electron chi connectivity index (χ2n) is 7.95. The first-order valence-electron chi connectivity index (χ1n) is 11.2. The number of nitrogens with zero attached hydrogens (tertiary/aromatic N) is 3. The van der Waals surface area contributed by atoms with Crippen molar-refractivity contribution in [2.45, 2.75) is 18.2 Å². The van der Waals surface area contributed by atoms with Gasteiger partial charge in [0.05, 0.1) is 12.3 Å². The molecule has 0 amide bonds. The van der Waals surface area contributed by atoms with Gasteiger partial charge in [0.1, 0.15) is 42.6 Å². The number of ether oxygens (including phenoxy) is 1. The maximum atomic E-state index is 16.4. The molecule has 0 spiro atoms. The monoisotopic (exact) mass is 567 g/mol. The Hall–Kier alpha value is -3.85. The normalized spacial score (nSPS) is 16.1. The Balaban J connectivity index is 3.35. The molecule has 0 aliphatic carbocycles. The number of rotatable bonds is 13. The number of hydrazone groups is 1. The summed E-state index contributed by atoms with van der Waals surface area (Å²) >= 11 is 5.82. The minimum Gasteiger partial charge on any atom is -0.481 e. The van der Waals surface area contributed by atoms with E-state index in [0.717, 1.165) is 26.4 Å². The largest absolute Gasteiger partial charge is 0.481 e. The van der Waals surface area contributed by atoms with Crippen LogP contribution in [0.4, 0.5) is 17.6 Å². The number of halogens is 5. The number of hydrogen-bond acceptors (Lipinski definition) is 6. The molecule has 0 saturated heterocycles. The molecule has 0 saturated carbocycles. The highest BCUT2D eigenvalue weighted by molar-refractivity contribution is 6.30. The molecule has 0 aromatic heterocycles. The van der Waals surface area contributed by atoms with Gasteiger partial charge in [-0.25, -0.2) is 23.4 Å². The first-order chi connectivity index (χ1) is 18.4. The Morgan fingerprint density at radius 3 is 2.46 bits per heavy atom. The van der Waals surface area contributed by atoms with Crippen LogP contribution in [-0.2, 0) is 0 Å². The second kappa shape index (κ2) is 15.5. The molecule has 2 unspecified atom stereocenters. The van der Waals surface area contributed by atoms with Crippen LogP contribution in [-0.4, -0.2) is 60.3 Å². The van der Waals surface area contributed by atoms with Crippen LogP contribution in [0.25, 0.3) is 0 Å². The van der Waals surface area contributed by atoms with E-state index in [9.17, 15) is 18.3 Å². The van der Waals surface area contributed by atoms with Crippen LogP contribution in [0.15, 0.2) is 94.6 Å². The van der Waals surface area contributed by atoms with Crippen molar-refractivity contribution < 1.29 is 27.4 Å². The van der Waals surface area contributed by atoms with E-state index in [4.69, 9.17) is 28.0 Å². The van der Waals surface area contributed by atoms with Gasteiger partial charge in [-0.1, -0.05) is 36.6 Å². The summed E-state index contributed by atoms with van der Waals surface area (Å²) in [5.41, 5.74) is -7.69. The summed E-state index contributed by atoms with van der Waals surface area (Å²) in [6.07, 6.45) is 4.07. The molecule has 12 heteroatoms. The van der Waals surface area contributed by atoms with E-state index in [0.29, 0.717) is 27.9 Å². The zero-order valence-corrected chi connectivity index (χ0v) is 22.2. The number of nitrogens with two attached hydrogens (primary N) is 2. The van der Waals surface area contributed by atoms with Crippen LogP contribution in [0.3, 0.4) is 0 Å². The number of aliphatic hydroxyl groups is 1. The molecule has 0 aliphatic heterocycles. The van der Waals surface area contributed by atoms with Gasteiger partial charge in [0.25, 0.3) is 0 Å². The lowest BCUT2D eigenvalue weighted by Gasteiger charge is -2.42. The molecular weight excluding hydrogens is 538 g/mol. The zero-order chi connectivity index (χ0) is 29.6. The van der Waals surface area contributed by atoms with Crippen LogP contribution >= 0.6 is 11.6 Å². The molecule has 2 atom stereocenters. The van der Waals surface area contributed by atoms with Crippen molar-refractivity contribution in [3.05, 3.63) is 89.6 Å². The van der Waals surface area contributed by atoms with E-state index in [2.05, 4.69) is 35.1 Å². The molecule has 39 heavy (non-hydrogen) atoms. The van der Waals surface area contributed by atoms with E-state index < -0.39 is 47.4 Å². The average Bonchev–Trinajstić information content (AvgIpc) is 2.91. The van der Waals surface area contributed by atoms with Crippen molar-refractivity contribution in [2.24, 2.45) is 21.8 Å². The number of aliphatic imine (C=N–C) groups is 1. The van der Waals surface area contributed by atoms with Gasteiger partial charge >= 0.3 is 0 Å². The fourth-order valence-corrected chi connectivity index (χ4v) is 3.34. The van der Waals surface area contributed by atoms with E-state index in [1.165, 1.54) is 6.08 Å². The lowest BCUT2D eigenvalue weighted by molar-refractivity contribution is -0.0594. The van der Waals surface area contributed by atoms with Gasteiger partial charge in [-0.05, 0) is 55.0 Å². The van der Waals surface area contributed by atoms with Crippen molar-refractivity contribution in [1.82, 2.24) is 5.01 Å². The van der Waals surface area contributed by atoms with Crippen molar-refractivity contribution >= 4 is 23.7 Å². The number of benzene rings is 1. The highest BCUT2D eigenvalue weighted by Crippen LogP contribution is 2.38. The molecule has 7 nitrogen and oxygen atoms in total. The molecule has 210 valence electrons. The lowest BCUT2D eigenvalue weighted by atomic mass is 9.75. The molecule has 0 aliphatic rings. The van der Waals surface area contributed by atoms with E-state index in [1.54, 1.807) is 24.3 Å². The highest BCUT2D eigenvalue weighted by atomic mass is 35.5. The predicted octanol–water partition coefficient (Wildman–Crippen LogP) is 4.67. The minimum atomic E-state index is -3.39. The molecule has 1 aromatic rings. The summed E-state index contributed by atoms with van der Waals surface area (Å²) < 4.78 is 64.8. The maximum absolute atomic E-state index is 16.4.